The van der Waals surface area contributed by atoms with Crippen molar-refractivity contribution in [2.45, 2.75) is 25.9 Å². The maximum atomic E-state index is 12.3. The van der Waals surface area contributed by atoms with E-state index >= 15 is 0 Å². The van der Waals surface area contributed by atoms with Crippen LogP contribution in [0.5, 0.6) is 0 Å². The molecule has 0 heterocycles. The fraction of sp³-hybridized carbons (Fsp3) is 0.300. The summed E-state index contributed by atoms with van der Waals surface area (Å²) in [5, 5.41) is 15.9. The molecule has 2 aromatic carbocycles. The number of aryl methyl sites for hydroxylation is 1. The van der Waals surface area contributed by atoms with Crippen molar-refractivity contribution in [3.8, 4) is 0 Å². The Bertz CT molecular complexity index is 863. The molecule has 8 heteroatoms. The first-order valence-corrected chi connectivity index (χ1v) is 8.78. The maximum Gasteiger partial charge on any atom is 0.313 e. The van der Waals surface area contributed by atoms with E-state index in [2.05, 4.69) is 10.6 Å². The van der Waals surface area contributed by atoms with Gasteiger partial charge in [-0.05, 0) is 30.5 Å². The van der Waals surface area contributed by atoms with Crippen LogP contribution in [0.3, 0.4) is 0 Å². The van der Waals surface area contributed by atoms with E-state index in [9.17, 15) is 19.7 Å². The fourth-order valence-corrected chi connectivity index (χ4v) is 2.89. The van der Waals surface area contributed by atoms with E-state index in [0.717, 1.165) is 5.56 Å². The van der Waals surface area contributed by atoms with Gasteiger partial charge in [0.15, 0.2) is 0 Å². The third-order valence-electron chi connectivity index (χ3n) is 4.67. The molecular formula is C20H23N3O5. The van der Waals surface area contributed by atoms with E-state index in [4.69, 9.17) is 4.74 Å². The second-order valence-electron chi connectivity index (χ2n) is 6.31. The van der Waals surface area contributed by atoms with E-state index in [1.165, 1.54) is 18.2 Å². The molecule has 0 saturated heterocycles. The number of hydrogen-bond donors (Lipinski definition) is 2. The van der Waals surface area contributed by atoms with Gasteiger partial charge in [-0.25, -0.2) is 0 Å². The first-order valence-electron chi connectivity index (χ1n) is 8.78. The molecule has 2 amide bonds. The van der Waals surface area contributed by atoms with Crippen LogP contribution in [0.1, 0.15) is 24.5 Å². The molecule has 0 saturated carbocycles. The van der Waals surface area contributed by atoms with Crippen molar-refractivity contribution in [1.82, 2.24) is 5.32 Å². The zero-order valence-corrected chi connectivity index (χ0v) is 16.0. The molecule has 0 aliphatic carbocycles. The van der Waals surface area contributed by atoms with E-state index in [1.54, 1.807) is 14.0 Å². The molecule has 0 radical (unpaired) electrons. The summed E-state index contributed by atoms with van der Waals surface area (Å²) in [4.78, 5) is 34.7. The summed E-state index contributed by atoms with van der Waals surface area (Å²) in [6, 6.07) is 13.4. The van der Waals surface area contributed by atoms with E-state index < -0.39 is 22.3 Å². The Morgan fingerprint density at radius 2 is 1.82 bits per heavy atom. The number of rotatable bonds is 7. The molecule has 1 atom stereocenters. The van der Waals surface area contributed by atoms with Crippen LogP contribution in [-0.2, 0) is 19.9 Å². The van der Waals surface area contributed by atoms with Gasteiger partial charge in [0.25, 0.3) is 5.69 Å². The lowest BCUT2D eigenvalue weighted by atomic mass is 9.90. The van der Waals surface area contributed by atoms with Gasteiger partial charge in [0, 0.05) is 24.9 Å². The van der Waals surface area contributed by atoms with Crippen molar-refractivity contribution in [2.75, 3.05) is 19.0 Å². The van der Waals surface area contributed by atoms with Crippen LogP contribution >= 0.6 is 0 Å². The number of amides is 2. The van der Waals surface area contributed by atoms with Gasteiger partial charge in [-0.1, -0.05) is 37.3 Å². The average molecular weight is 385 g/mol. The highest BCUT2D eigenvalue weighted by Crippen LogP contribution is 2.28. The Kier molecular flexibility index (Phi) is 6.84. The quantitative estimate of drug-likeness (QED) is 0.432. The van der Waals surface area contributed by atoms with Gasteiger partial charge in [0.05, 0.1) is 11.5 Å². The number of nitrogens with one attached hydrogen (secondary N) is 2. The number of carbonyl (C=O) groups excluding carboxylic acids is 2. The number of carbonyl (C=O) groups is 2. The largest absolute Gasteiger partial charge is 0.372 e. The summed E-state index contributed by atoms with van der Waals surface area (Å²) in [5.41, 5.74) is 0.879. The molecule has 1 unspecified atom stereocenters. The van der Waals surface area contributed by atoms with Gasteiger partial charge in [0.1, 0.15) is 5.60 Å². The number of hydrogen-bond acceptors (Lipinski definition) is 5. The van der Waals surface area contributed by atoms with Gasteiger partial charge in [-0.3, -0.25) is 19.7 Å². The Balaban J connectivity index is 2.06. The minimum Gasteiger partial charge on any atom is -0.372 e. The first-order chi connectivity index (χ1) is 13.3. The highest BCUT2D eigenvalue weighted by atomic mass is 16.6. The minimum absolute atomic E-state index is 0.0874. The summed E-state index contributed by atoms with van der Waals surface area (Å²) in [5.74, 6) is -1.67. The molecule has 0 fully saturated rings. The molecule has 8 nitrogen and oxygen atoms in total. The van der Waals surface area contributed by atoms with Gasteiger partial charge in [-0.15, -0.1) is 0 Å². The smallest absolute Gasteiger partial charge is 0.313 e. The van der Waals surface area contributed by atoms with Crippen molar-refractivity contribution in [2.24, 2.45) is 0 Å². The van der Waals surface area contributed by atoms with E-state index in [1.807, 2.05) is 37.3 Å². The summed E-state index contributed by atoms with van der Waals surface area (Å²) >= 11 is 0. The highest BCUT2D eigenvalue weighted by molar-refractivity contribution is 6.39. The van der Waals surface area contributed by atoms with Gasteiger partial charge < -0.3 is 15.4 Å². The summed E-state index contributed by atoms with van der Waals surface area (Å²) in [6.07, 6.45) is 0.594. The van der Waals surface area contributed by atoms with Crippen molar-refractivity contribution >= 4 is 23.2 Å². The standard InChI is InChI=1S/C20H23N3O5/c1-4-20(28-3,15-8-6-5-7-9-15)13-21-18(24)19(25)22-17-11-10-16(23(26)27)12-14(17)2/h5-12H,4,13H2,1-3H3,(H,21,24)(H,22,25). The Morgan fingerprint density at radius 3 is 2.36 bits per heavy atom. The maximum absolute atomic E-state index is 12.3. The molecule has 0 aliphatic rings. The lowest BCUT2D eigenvalue weighted by Gasteiger charge is -2.32. The lowest BCUT2D eigenvalue weighted by Crippen LogP contribution is -2.45. The molecular weight excluding hydrogens is 362 g/mol. The topological polar surface area (TPSA) is 111 Å². The molecule has 0 bridgehead atoms. The van der Waals surface area contributed by atoms with Crippen LogP contribution < -0.4 is 10.6 Å². The summed E-state index contributed by atoms with van der Waals surface area (Å²) < 4.78 is 5.67. The molecule has 2 rings (SSSR count). The Hall–Kier alpha value is -3.26. The summed E-state index contributed by atoms with van der Waals surface area (Å²) in [6.45, 7) is 3.67. The first kappa shape index (κ1) is 21.0. The van der Waals surface area contributed by atoms with Crippen LogP contribution in [0.15, 0.2) is 48.5 Å². The summed E-state index contributed by atoms with van der Waals surface area (Å²) in [7, 11) is 1.56. The molecule has 0 aliphatic heterocycles. The lowest BCUT2D eigenvalue weighted by molar-refractivity contribution is -0.384. The number of nitro benzene ring substituents is 1. The molecule has 2 N–H and O–H groups in total. The zero-order chi connectivity index (χ0) is 20.7. The average Bonchev–Trinajstić information content (AvgIpc) is 2.71. The van der Waals surface area contributed by atoms with Crippen LogP contribution in [0.2, 0.25) is 0 Å². The molecule has 148 valence electrons. The van der Waals surface area contributed by atoms with Gasteiger partial charge in [-0.2, -0.15) is 0 Å². The number of ether oxygens (including phenoxy) is 1. The molecule has 0 aromatic heterocycles. The number of benzene rings is 2. The third kappa shape index (κ3) is 4.72. The minimum atomic E-state index is -0.855. The van der Waals surface area contributed by atoms with Crippen LogP contribution in [-0.4, -0.2) is 30.4 Å². The van der Waals surface area contributed by atoms with Gasteiger partial charge in [0.2, 0.25) is 0 Å². The van der Waals surface area contributed by atoms with E-state index in [-0.39, 0.29) is 12.2 Å². The normalized spacial score (nSPS) is 12.7. The number of anilines is 1. The number of nitrogens with zero attached hydrogens (tertiary/aromatic N) is 1. The second-order valence-corrected chi connectivity index (χ2v) is 6.31. The molecule has 28 heavy (non-hydrogen) atoms. The highest BCUT2D eigenvalue weighted by Gasteiger charge is 2.31. The second kappa shape index (κ2) is 9.09. The van der Waals surface area contributed by atoms with Crippen LogP contribution in [0.25, 0.3) is 0 Å². The van der Waals surface area contributed by atoms with Crippen molar-refractivity contribution in [3.05, 3.63) is 69.8 Å². The third-order valence-corrected chi connectivity index (χ3v) is 4.67. The van der Waals surface area contributed by atoms with Crippen molar-refractivity contribution in [3.63, 3.8) is 0 Å². The van der Waals surface area contributed by atoms with E-state index in [0.29, 0.717) is 17.7 Å². The number of nitro groups is 1. The SMILES string of the molecule is CCC(CNC(=O)C(=O)Nc1ccc([N+](=O)[O-])cc1C)(OC)c1ccccc1. The number of methoxy groups -OCH3 is 1. The zero-order valence-electron chi connectivity index (χ0n) is 16.0. The van der Waals surface area contributed by atoms with Gasteiger partial charge >= 0.3 is 11.8 Å². The predicted molar refractivity (Wildman–Crippen MR) is 105 cm³/mol. The van der Waals surface area contributed by atoms with Crippen LogP contribution in [0.4, 0.5) is 11.4 Å². The van der Waals surface area contributed by atoms with Crippen molar-refractivity contribution < 1.29 is 19.2 Å². The Morgan fingerprint density at radius 1 is 1.14 bits per heavy atom. The monoisotopic (exact) mass is 385 g/mol. The fourth-order valence-electron chi connectivity index (χ4n) is 2.89. The number of non-ortho nitro benzene ring substituents is 1. The predicted octanol–water partition coefficient (Wildman–Crippen LogP) is 2.91. The Labute approximate surface area is 163 Å². The van der Waals surface area contributed by atoms with Crippen molar-refractivity contribution in [1.29, 1.82) is 0 Å². The molecule has 2 aromatic rings. The molecule has 0 spiro atoms. The van der Waals surface area contributed by atoms with Crippen LogP contribution in [0, 0.1) is 17.0 Å².